The first-order valence-corrected chi connectivity index (χ1v) is 11.8. The van der Waals surface area contributed by atoms with Gasteiger partial charge in [0.25, 0.3) is 0 Å². The van der Waals surface area contributed by atoms with Gasteiger partial charge >= 0.3 is 0 Å². The highest BCUT2D eigenvalue weighted by Crippen LogP contribution is 2.58. The van der Waals surface area contributed by atoms with Crippen molar-refractivity contribution >= 4 is 5.84 Å². The van der Waals surface area contributed by atoms with Crippen LogP contribution in [0.2, 0.25) is 0 Å². The maximum atomic E-state index is 10.8. The lowest BCUT2D eigenvalue weighted by atomic mass is 9.50. The van der Waals surface area contributed by atoms with E-state index in [4.69, 9.17) is 9.73 Å². The van der Waals surface area contributed by atoms with Crippen LogP contribution in [0.25, 0.3) is 0 Å². The Hall–Kier alpha value is -2.84. The van der Waals surface area contributed by atoms with E-state index in [0.29, 0.717) is 42.7 Å². The van der Waals surface area contributed by atoms with Crippen LogP contribution in [0.5, 0.6) is 5.75 Å². The highest BCUT2D eigenvalue weighted by molar-refractivity contribution is 6.00. The van der Waals surface area contributed by atoms with Crippen LogP contribution in [0, 0.1) is 35.1 Å². The Morgan fingerprint density at radius 2 is 1.88 bits per heavy atom. The largest absolute Gasteiger partial charge is 0.493 e. The van der Waals surface area contributed by atoms with Crippen molar-refractivity contribution in [3.63, 3.8) is 0 Å². The summed E-state index contributed by atoms with van der Waals surface area (Å²) in [6, 6.07) is 18.1. The summed E-state index contributed by atoms with van der Waals surface area (Å²) in [5.41, 5.74) is 1.69. The van der Waals surface area contributed by atoms with Gasteiger partial charge in [-0.1, -0.05) is 42.5 Å². The van der Waals surface area contributed by atoms with Gasteiger partial charge in [-0.2, -0.15) is 5.26 Å². The monoisotopic (exact) mass is 429 g/mol. The molecule has 2 atom stereocenters. The Bertz CT molecular complexity index is 997. The van der Waals surface area contributed by atoms with Crippen molar-refractivity contribution < 1.29 is 9.84 Å². The minimum absolute atomic E-state index is 0.421. The minimum Gasteiger partial charge on any atom is -0.493 e. The van der Waals surface area contributed by atoms with Crippen LogP contribution in [-0.2, 0) is 6.42 Å². The van der Waals surface area contributed by atoms with Gasteiger partial charge in [-0.3, -0.25) is 10.3 Å². The van der Waals surface area contributed by atoms with Crippen LogP contribution in [0.3, 0.4) is 0 Å². The van der Waals surface area contributed by atoms with Crippen molar-refractivity contribution in [1.82, 2.24) is 5.32 Å². The SMILES string of the molecule is N#CNC(=NCC1C2CC3CC1CC(O)(C3)C2)c1cccc(OCCc2ccccc2)c1. The summed E-state index contributed by atoms with van der Waals surface area (Å²) in [5, 5.41) is 22.9. The summed E-state index contributed by atoms with van der Waals surface area (Å²) in [5.74, 6) is 3.71. The molecule has 2 aromatic carbocycles. The standard InChI is InChI=1S/C27H31N3O2/c28-18-30-26(29-17-25-22-11-20-12-23(25)16-27(31,14-20)15-22)21-7-4-8-24(13-21)32-10-9-19-5-2-1-3-6-19/h1-8,13,20,22-23,25,31H,9-12,14-17H2,(H,29,30). The number of ether oxygens (including phenoxy) is 1. The maximum absolute atomic E-state index is 10.8. The van der Waals surface area contributed by atoms with Crippen molar-refractivity contribution in [3.8, 4) is 11.9 Å². The lowest BCUT2D eigenvalue weighted by Gasteiger charge is -2.57. The highest BCUT2D eigenvalue weighted by atomic mass is 16.5. The van der Waals surface area contributed by atoms with E-state index in [9.17, 15) is 10.4 Å². The molecule has 6 rings (SSSR count). The predicted octanol–water partition coefficient (Wildman–Crippen LogP) is 4.31. The molecule has 2 aromatic rings. The number of nitrogens with one attached hydrogen (secondary N) is 1. The first-order valence-electron chi connectivity index (χ1n) is 11.8. The van der Waals surface area contributed by atoms with E-state index < -0.39 is 5.60 Å². The van der Waals surface area contributed by atoms with Crippen LogP contribution in [0.4, 0.5) is 0 Å². The van der Waals surface area contributed by atoms with Crippen LogP contribution in [0.15, 0.2) is 59.6 Å². The Morgan fingerprint density at radius 1 is 1.09 bits per heavy atom. The number of aliphatic imine (C=N–C) groups is 1. The molecule has 2 N–H and O–H groups in total. The third kappa shape index (κ3) is 4.52. The molecular formula is C27H31N3O2. The molecule has 4 saturated carbocycles. The second-order valence-electron chi connectivity index (χ2n) is 9.90. The third-order valence-electron chi connectivity index (χ3n) is 7.68. The van der Waals surface area contributed by atoms with Crippen molar-refractivity contribution in [2.75, 3.05) is 13.2 Å². The third-order valence-corrected chi connectivity index (χ3v) is 7.68. The number of amidine groups is 1. The van der Waals surface area contributed by atoms with Gasteiger partial charge in [0.05, 0.1) is 12.2 Å². The second-order valence-corrected chi connectivity index (χ2v) is 9.90. The van der Waals surface area contributed by atoms with Crippen LogP contribution < -0.4 is 10.1 Å². The molecule has 0 saturated heterocycles. The van der Waals surface area contributed by atoms with Gasteiger partial charge in [0.1, 0.15) is 11.6 Å². The fraction of sp³-hybridized carbons (Fsp3) is 0.481. The summed E-state index contributed by atoms with van der Waals surface area (Å²) in [6.45, 7) is 1.31. The molecule has 2 unspecified atom stereocenters. The fourth-order valence-corrected chi connectivity index (χ4v) is 6.50. The van der Waals surface area contributed by atoms with Gasteiger partial charge in [0.2, 0.25) is 0 Å². The molecule has 4 fully saturated rings. The molecule has 0 heterocycles. The highest BCUT2D eigenvalue weighted by Gasteiger charge is 2.54. The first-order chi connectivity index (χ1) is 15.6. The molecule has 0 aliphatic heterocycles. The average Bonchev–Trinajstić information content (AvgIpc) is 2.78. The van der Waals surface area contributed by atoms with E-state index >= 15 is 0 Å². The van der Waals surface area contributed by atoms with E-state index in [1.54, 1.807) is 0 Å². The molecule has 0 aromatic heterocycles. The van der Waals surface area contributed by atoms with Gasteiger partial charge in [0, 0.05) is 18.5 Å². The minimum atomic E-state index is -0.421. The summed E-state index contributed by atoms with van der Waals surface area (Å²) < 4.78 is 5.97. The molecule has 0 amide bonds. The zero-order valence-electron chi connectivity index (χ0n) is 18.4. The molecule has 166 valence electrons. The maximum Gasteiger partial charge on any atom is 0.182 e. The average molecular weight is 430 g/mol. The molecule has 32 heavy (non-hydrogen) atoms. The lowest BCUT2D eigenvalue weighted by Crippen LogP contribution is -2.55. The molecule has 5 nitrogen and oxygen atoms in total. The summed E-state index contributed by atoms with van der Waals surface area (Å²) >= 11 is 0. The van der Waals surface area contributed by atoms with Crippen molar-refractivity contribution in [3.05, 3.63) is 65.7 Å². The molecule has 4 aliphatic rings. The normalized spacial score (nSPS) is 30.7. The smallest absolute Gasteiger partial charge is 0.182 e. The Kier molecular flexibility index (Phi) is 5.89. The molecule has 0 radical (unpaired) electrons. The van der Waals surface area contributed by atoms with Gasteiger partial charge in [-0.25, -0.2) is 0 Å². The number of hydrogen-bond donors (Lipinski definition) is 2. The second kappa shape index (κ2) is 8.96. The fourth-order valence-electron chi connectivity index (χ4n) is 6.50. The summed E-state index contributed by atoms with van der Waals surface area (Å²) in [4.78, 5) is 4.87. The van der Waals surface area contributed by atoms with E-state index in [1.807, 2.05) is 48.7 Å². The topological polar surface area (TPSA) is 77.6 Å². The van der Waals surface area contributed by atoms with Crippen molar-refractivity contribution in [1.29, 1.82) is 5.26 Å². The van der Waals surface area contributed by atoms with Crippen LogP contribution >= 0.6 is 0 Å². The Labute approximate surface area is 190 Å². The molecule has 4 aliphatic carbocycles. The Morgan fingerprint density at radius 3 is 2.59 bits per heavy atom. The van der Waals surface area contributed by atoms with Gasteiger partial charge in [-0.05, 0) is 73.5 Å². The zero-order chi connectivity index (χ0) is 22.0. The molecular weight excluding hydrogens is 398 g/mol. The van der Waals surface area contributed by atoms with Crippen LogP contribution in [0.1, 0.15) is 43.2 Å². The first kappa shape index (κ1) is 21.0. The van der Waals surface area contributed by atoms with Crippen LogP contribution in [-0.4, -0.2) is 29.7 Å². The number of rotatable bonds is 7. The van der Waals surface area contributed by atoms with E-state index in [-0.39, 0.29) is 0 Å². The summed E-state index contributed by atoms with van der Waals surface area (Å²) in [6.07, 6.45) is 8.19. The number of hydrogen-bond acceptors (Lipinski definition) is 4. The lowest BCUT2D eigenvalue weighted by molar-refractivity contribution is -0.149. The number of benzene rings is 2. The van der Waals surface area contributed by atoms with Gasteiger partial charge in [-0.15, -0.1) is 0 Å². The van der Waals surface area contributed by atoms with Crippen molar-refractivity contribution in [2.45, 2.75) is 44.1 Å². The number of nitriles is 1. The van der Waals surface area contributed by atoms with E-state index in [0.717, 1.165) is 37.0 Å². The molecule has 0 spiro atoms. The number of nitrogens with zero attached hydrogens (tertiary/aromatic N) is 2. The van der Waals surface area contributed by atoms with E-state index in [1.165, 1.54) is 18.4 Å². The quantitative estimate of drug-likeness (QED) is 0.298. The van der Waals surface area contributed by atoms with Crippen molar-refractivity contribution in [2.24, 2.45) is 28.7 Å². The number of aliphatic hydroxyl groups is 1. The van der Waals surface area contributed by atoms with Gasteiger partial charge < -0.3 is 9.84 Å². The van der Waals surface area contributed by atoms with Gasteiger partial charge in [0.15, 0.2) is 6.19 Å². The zero-order valence-corrected chi connectivity index (χ0v) is 18.4. The molecule has 4 bridgehead atoms. The Balaban J connectivity index is 1.25. The summed E-state index contributed by atoms with van der Waals surface area (Å²) in [7, 11) is 0. The predicted molar refractivity (Wildman–Crippen MR) is 124 cm³/mol. The van der Waals surface area contributed by atoms with E-state index in [2.05, 4.69) is 17.4 Å². The molecule has 5 heteroatoms.